The lowest BCUT2D eigenvalue weighted by Gasteiger charge is -2.31. The number of carbonyl (C=O) groups is 1. The summed E-state index contributed by atoms with van der Waals surface area (Å²) in [5, 5.41) is 1.04. The molecule has 1 heterocycles. The normalized spacial score (nSPS) is 15.6. The van der Waals surface area contributed by atoms with Crippen LogP contribution in [0.3, 0.4) is 0 Å². The number of ether oxygens (including phenoxy) is 1. The number of nitrogens with zero attached hydrogens (tertiary/aromatic N) is 1. The molecule has 0 spiro atoms. The van der Waals surface area contributed by atoms with Crippen molar-refractivity contribution in [1.82, 2.24) is 0 Å². The average molecular weight is 372 g/mol. The standard InChI is InChI=1S/C20H15Cl2NO2/c1-2-25-20(24)23-16(10-8-14-6-4-3-5-7-14)13-18(22)17-11-9-15(21)12-19(17)23/h3-7,9,11-13,16H,2H2,1H3. The van der Waals surface area contributed by atoms with E-state index < -0.39 is 12.1 Å². The van der Waals surface area contributed by atoms with Gasteiger partial charge < -0.3 is 4.74 Å². The summed E-state index contributed by atoms with van der Waals surface area (Å²) in [5.41, 5.74) is 2.16. The molecule has 0 aliphatic carbocycles. The summed E-state index contributed by atoms with van der Waals surface area (Å²) in [6, 6.07) is 14.2. The Labute approximate surface area is 156 Å². The molecule has 0 N–H and O–H groups in total. The molecule has 3 rings (SSSR count). The first-order valence-corrected chi connectivity index (χ1v) is 8.55. The predicted octanol–water partition coefficient (Wildman–Crippen LogP) is 5.32. The van der Waals surface area contributed by atoms with E-state index in [4.69, 9.17) is 27.9 Å². The Hall–Kier alpha value is -2.41. The van der Waals surface area contributed by atoms with E-state index in [-0.39, 0.29) is 6.61 Å². The number of fused-ring (bicyclic) bond motifs is 1. The van der Waals surface area contributed by atoms with Gasteiger partial charge in [0.05, 0.1) is 12.3 Å². The van der Waals surface area contributed by atoms with Crippen molar-refractivity contribution < 1.29 is 9.53 Å². The lowest BCUT2D eigenvalue weighted by atomic mass is 10.0. The van der Waals surface area contributed by atoms with Crippen molar-refractivity contribution in [2.75, 3.05) is 11.5 Å². The Morgan fingerprint density at radius 1 is 1.20 bits per heavy atom. The van der Waals surface area contributed by atoms with Crippen molar-refractivity contribution in [2.45, 2.75) is 13.0 Å². The minimum absolute atomic E-state index is 0.265. The number of amides is 1. The van der Waals surface area contributed by atoms with Crippen LogP contribution in [0.15, 0.2) is 54.6 Å². The molecule has 1 unspecified atom stereocenters. The molecular formula is C20H15Cl2NO2. The SMILES string of the molecule is CCOC(=O)N1c2cc(Cl)ccc2C(Cl)=CC1C#Cc1ccccc1. The third kappa shape index (κ3) is 3.82. The van der Waals surface area contributed by atoms with Crippen LogP contribution in [-0.2, 0) is 4.74 Å². The predicted molar refractivity (Wildman–Crippen MR) is 102 cm³/mol. The van der Waals surface area contributed by atoms with Crippen LogP contribution >= 0.6 is 23.2 Å². The molecule has 126 valence electrons. The minimum atomic E-state index is -0.544. The second-order valence-electron chi connectivity index (χ2n) is 5.33. The van der Waals surface area contributed by atoms with Gasteiger partial charge in [-0.1, -0.05) is 53.2 Å². The molecule has 0 aromatic heterocycles. The highest BCUT2D eigenvalue weighted by Gasteiger charge is 2.31. The number of anilines is 1. The highest BCUT2D eigenvalue weighted by molar-refractivity contribution is 6.50. The zero-order valence-electron chi connectivity index (χ0n) is 13.5. The van der Waals surface area contributed by atoms with E-state index in [9.17, 15) is 4.79 Å². The van der Waals surface area contributed by atoms with Crippen LogP contribution in [-0.4, -0.2) is 18.7 Å². The second-order valence-corrected chi connectivity index (χ2v) is 6.17. The monoisotopic (exact) mass is 371 g/mol. The van der Waals surface area contributed by atoms with Gasteiger partial charge in [-0.05, 0) is 43.3 Å². The van der Waals surface area contributed by atoms with Gasteiger partial charge in [-0.25, -0.2) is 4.79 Å². The topological polar surface area (TPSA) is 29.5 Å². The van der Waals surface area contributed by atoms with Crippen molar-refractivity contribution in [1.29, 1.82) is 0 Å². The Balaban J connectivity index is 2.06. The highest BCUT2D eigenvalue weighted by Crippen LogP contribution is 2.38. The first-order chi connectivity index (χ1) is 12.1. The Morgan fingerprint density at radius 2 is 1.96 bits per heavy atom. The number of rotatable bonds is 1. The summed E-state index contributed by atoms with van der Waals surface area (Å²) in [7, 11) is 0. The molecule has 25 heavy (non-hydrogen) atoms. The molecule has 1 atom stereocenters. The van der Waals surface area contributed by atoms with Gasteiger partial charge in [-0.2, -0.15) is 0 Å². The summed E-state index contributed by atoms with van der Waals surface area (Å²) in [6.07, 6.45) is 1.25. The van der Waals surface area contributed by atoms with Crippen LogP contribution < -0.4 is 4.90 Å². The van der Waals surface area contributed by atoms with Crippen LogP contribution in [0.2, 0.25) is 5.02 Å². The van der Waals surface area contributed by atoms with Crippen molar-refractivity contribution >= 4 is 40.0 Å². The van der Waals surface area contributed by atoms with Crippen molar-refractivity contribution in [3.63, 3.8) is 0 Å². The molecule has 1 aliphatic rings. The van der Waals surface area contributed by atoms with Crippen molar-refractivity contribution in [3.8, 4) is 11.8 Å². The molecule has 5 heteroatoms. The first kappa shape index (κ1) is 17.4. The zero-order valence-corrected chi connectivity index (χ0v) is 15.0. The summed E-state index contributed by atoms with van der Waals surface area (Å²) < 4.78 is 5.20. The Kier molecular flexibility index (Phi) is 5.33. The quantitative estimate of drug-likeness (QED) is 0.635. The maximum absolute atomic E-state index is 12.5. The molecule has 0 saturated carbocycles. The lowest BCUT2D eigenvalue weighted by Crippen LogP contribution is -2.41. The highest BCUT2D eigenvalue weighted by atomic mass is 35.5. The van der Waals surface area contributed by atoms with E-state index in [1.807, 2.05) is 30.3 Å². The Bertz CT molecular complexity index is 882. The van der Waals surface area contributed by atoms with E-state index in [2.05, 4.69) is 11.8 Å². The molecule has 1 amide bonds. The van der Waals surface area contributed by atoms with Crippen LogP contribution in [0.1, 0.15) is 18.1 Å². The fourth-order valence-electron chi connectivity index (χ4n) is 2.55. The molecule has 0 bridgehead atoms. The van der Waals surface area contributed by atoms with E-state index in [1.165, 1.54) is 4.90 Å². The van der Waals surface area contributed by atoms with Gasteiger partial charge in [0.25, 0.3) is 0 Å². The maximum atomic E-state index is 12.5. The molecule has 0 fully saturated rings. The van der Waals surface area contributed by atoms with E-state index in [0.717, 1.165) is 11.1 Å². The molecule has 2 aromatic rings. The number of halogens is 2. The van der Waals surface area contributed by atoms with Crippen molar-refractivity contribution in [2.24, 2.45) is 0 Å². The summed E-state index contributed by atoms with van der Waals surface area (Å²) in [5.74, 6) is 6.16. The molecule has 0 radical (unpaired) electrons. The van der Waals surface area contributed by atoms with Gasteiger partial charge >= 0.3 is 6.09 Å². The smallest absolute Gasteiger partial charge is 0.415 e. The summed E-state index contributed by atoms with van der Waals surface area (Å²) in [6.45, 7) is 2.02. The minimum Gasteiger partial charge on any atom is -0.449 e. The summed E-state index contributed by atoms with van der Waals surface area (Å²) in [4.78, 5) is 14.0. The van der Waals surface area contributed by atoms with Crippen LogP contribution in [0.4, 0.5) is 10.5 Å². The summed E-state index contributed by atoms with van der Waals surface area (Å²) >= 11 is 12.5. The van der Waals surface area contributed by atoms with Gasteiger partial charge in [-0.15, -0.1) is 0 Å². The first-order valence-electron chi connectivity index (χ1n) is 7.80. The average Bonchev–Trinajstić information content (AvgIpc) is 2.60. The number of hydrogen-bond donors (Lipinski definition) is 0. The van der Waals surface area contributed by atoms with Gasteiger partial charge in [-0.3, -0.25) is 4.90 Å². The molecule has 0 saturated heterocycles. The number of benzene rings is 2. The van der Waals surface area contributed by atoms with Gasteiger partial charge in [0.15, 0.2) is 0 Å². The maximum Gasteiger partial charge on any atom is 0.415 e. The van der Waals surface area contributed by atoms with E-state index >= 15 is 0 Å². The van der Waals surface area contributed by atoms with E-state index in [0.29, 0.717) is 15.7 Å². The molecular weight excluding hydrogens is 357 g/mol. The molecule has 1 aliphatic heterocycles. The zero-order chi connectivity index (χ0) is 17.8. The third-order valence-electron chi connectivity index (χ3n) is 3.66. The number of hydrogen-bond acceptors (Lipinski definition) is 2. The van der Waals surface area contributed by atoms with Gasteiger partial charge in [0.1, 0.15) is 6.04 Å². The fraction of sp³-hybridized carbons (Fsp3) is 0.150. The fourth-order valence-corrected chi connectivity index (χ4v) is 2.99. The number of carbonyl (C=O) groups excluding carboxylic acids is 1. The van der Waals surface area contributed by atoms with Gasteiger partial charge in [0, 0.05) is 21.2 Å². The van der Waals surface area contributed by atoms with Crippen LogP contribution in [0.5, 0.6) is 0 Å². The van der Waals surface area contributed by atoms with Crippen molar-refractivity contribution in [3.05, 3.63) is 70.8 Å². The van der Waals surface area contributed by atoms with E-state index in [1.54, 1.807) is 31.2 Å². The van der Waals surface area contributed by atoms with Gasteiger partial charge in [0.2, 0.25) is 0 Å². The second kappa shape index (κ2) is 7.65. The molecule has 3 nitrogen and oxygen atoms in total. The van der Waals surface area contributed by atoms with Crippen LogP contribution in [0, 0.1) is 11.8 Å². The van der Waals surface area contributed by atoms with Crippen LogP contribution in [0.25, 0.3) is 5.03 Å². The lowest BCUT2D eigenvalue weighted by molar-refractivity contribution is 0.159. The largest absolute Gasteiger partial charge is 0.449 e. The third-order valence-corrected chi connectivity index (χ3v) is 4.23. The Morgan fingerprint density at radius 3 is 2.68 bits per heavy atom. The molecule has 2 aromatic carbocycles.